The Bertz CT molecular complexity index is 571. The molecule has 146 valence electrons. The van der Waals surface area contributed by atoms with Gasteiger partial charge in [0.15, 0.2) is 0 Å². The Morgan fingerprint density at radius 2 is 1.85 bits per heavy atom. The minimum absolute atomic E-state index is 0.142. The lowest BCUT2D eigenvalue weighted by Crippen LogP contribution is -2.62. The lowest BCUT2D eigenvalue weighted by Gasteiger charge is -2.43. The van der Waals surface area contributed by atoms with Crippen molar-refractivity contribution in [3.05, 3.63) is 35.6 Å². The number of nitrogens with zero attached hydrogens (tertiary/aromatic N) is 1. The second-order valence-electron chi connectivity index (χ2n) is 6.65. The summed E-state index contributed by atoms with van der Waals surface area (Å²) in [5, 5.41) is 41.5. The molecule has 1 aliphatic rings. The second-order valence-corrected chi connectivity index (χ2v) is 6.65. The number of hydrogen-bond acceptors (Lipinski definition) is 6. The van der Waals surface area contributed by atoms with Gasteiger partial charge in [-0.25, -0.2) is 4.39 Å². The first kappa shape index (κ1) is 20.7. The van der Waals surface area contributed by atoms with Crippen LogP contribution in [0.3, 0.4) is 0 Å². The number of halogens is 1. The molecule has 0 unspecified atom stereocenters. The highest BCUT2D eigenvalue weighted by molar-refractivity contribution is 5.78. The summed E-state index contributed by atoms with van der Waals surface area (Å²) in [6, 6.07) is 5.18. The smallest absolute Gasteiger partial charge is 0.224 e. The summed E-state index contributed by atoms with van der Waals surface area (Å²) in [6.07, 6.45) is -1.92. The molecule has 0 radical (unpaired) electrons. The average Bonchev–Trinajstić information content (AvgIpc) is 2.61. The molecule has 4 atom stereocenters. The van der Waals surface area contributed by atoms with E-state index in [0.717, 1.165) is 5.56 Å². The molecule has 1 aromatic carbocycles. The first-order valence-electron chi connectivity index (χ1n) is 8.82. The number of piperidine rings is 1. The van der Waals surface area contributed by atoms with Crippen molar-refractivity contribution >= 4 is 5.91 Å². The Kier molecular flexibility index (Phi) is 7.92. The number of rotatable bonds is 8. The van der Waals surface area contributed by atoms with Crippen LogP contribution in [0.25, 0.3) is 0 Å². The van der Waals surface area contributed by atoms with Gasteiger partial charge in [0, 0.05) is 13.1 Å². The third-order valence-electron chi connectivity index (χ3n) is 4.69. The maximum Gasteiger partial charge on any atom is 0.224 e. The zero-order chi connectivity index (χ0) is 19.1. The number of carbonyl (C=O) groups excluding carboxylic acids is 1. The van der Waals surface area contributed by atoms with Crippen molar-refractivity contribution in [3.8, 4) is 0 Å². The third kappa shape index (κ3) is 5.72. The standard InChI is InChI=1S/C18H27FN2O5/c19-13-5-3-12(4-6-13)9-16(24)20-7-1-2-8-21-10-15(23)18(26)17(25)14(21)11-22/h3-6,14-15,17-18,22-23,25-26H,1-2,7-11H2,(H,20,24)/t14-,15+,17-,18-/m1/s1. The Hall–Kier alpha value is -1.58. The fraction of sp³-hybridized carbons (Fsp3) is 0.611. The molecule has 8 heteroatoms. The van der Waals surface area contributed by atoms with Gasteiger partial charge in [-0.15, -0.1) is 0 Å². The van der Waals surface area contributed by atoms with E-state index >= 15 is 0 Å². The molecule has 26 heavy (non-hydrogen) atoms. The fourth-order valence-electron chi connectivity index (χ4n) is 3.15. The summed E-state index contributed by atoms with van der Waals surface area (Å²) in [4.78, 5) is 13.6. The number of carbonyl (C=O) groups is 1. The van der Waals surface area contributed by atoms with Crippen LogP contribution in [0.15, 0.2) is 24.3 Å². The van der Waals surface area contributed by atoms with Crippen molar-refractivity contribution in [3.63, 3.8) is 0 Å². The lowest BCUT2D eigenvalue weighted by molar-refractivity contribution is -0.145. The number of β-amino-alcohol motifs (C(OH)–C–C–N with tert-alkyl or cyclic N) is 1. The number of amides is 1. The molecular formula is C18H27FN2O5. The Balaban J connectivity index is 1.66. The van der Waals surface area contributed by atoms with Gasteiger partial charge in [-0.2, -0.15) is 0 Å². The minimum Gasteiger partial charge on any atom is -0.395 e. The summed E-state index contributed by atoms with van der Waals surface area (Å²) in [6.45, 7) is 0.880. The molecule has 1 aliphatic heterocycles. The minimum atomic E-state index is -1.26. The van der Waals surface area contributed by atoms with E-state index in [9.17, 15) is 29.6 Å². The molecule has 1 fully saturated rings. The molecule has 0 saturated carbocycles. The van der Waals surface area contributed by atoms with E-state index < -0.39 is 24.4 Å². The van der Waals surface area contributed by atoms with Gasteiger partial charge in [0.05, 0.1) is 25.2 Å². The van der Waals surface area contributed by atoms with Gasteiger partial charge in [0.2, 0.25) is 5.91 Å². The highest BCUT2D eigenvalue weighted by atomic mass is 19.1. The number of nitrogens with one attached hydrogen (secondary N) is 1. The van der Waals surface area contributed by atoms with E-state index in [1.807, 2.05) is 0 Å². The van der Waals surface area contributed by atoms with Crippen LogP contribution >= 0.6 is 0 Å². The number of benzene rings is 1. The number of likely N-dealkylation sites (tertiary alicyclic amines) is 1. The quantitative estimate of drug-likeness (QED) is 0.376. The SMILES string of the molecule is O=C(Cc1ccc(F)cc1)NCCCCN1C[C@H](O)[C@@H](O)[C@H](O)[C@H]1CO. The van der Waals surface area contributed by atoms with Gasteiger partial charge in [0.1, 0.15) is 18.0 Å². The van der Waals surface area contributed by atoms with Gasteiger partial charge in [0.25, 0.3) is 0 Å². The third-order valence-corrected chi connectivity index (χ3v) is 4.69. The molecule has 7 nitrogen and oxygen atoms in total. The van der Waals surface area contributed by atoms with Crippen LogP contribution in [0.1, 0.15) is 18.4 Å². The topological polar surface area (TPSA) is 113 Å². The average molecular weight is 370 g/mol. The summed E-state index contributed by atoms with van der Waals surface area (Å²) in [5.74, 6) is -0.479. The van der Waals surface area contributed by atoms with Crippen LogP contribution in [-0.2, 0) is 11.2 Å². The summed E-state index contributed by atoms with van der Waals surface area (Å²) < 4.78 is 12.8. The molecule has 0 aromatic heterocycles. The number of aliphatic hydroxyl groups excluding tert-OH is 4. The van der Waals surface area contributed by atoms with E-state index in [4.69, 9.17) is 0 Å². The largest absolute Gasteiger partial charge is 0.395 e. The molecule has 2 rings (SSSR count). The van der Waals surface area contributed by atoms with Crippen molar-refractivity contribution < 1.29 is 29.6 Å². The number of aliphatic hydroxyl groups is 4. The van der Waals surface area contributed by atoms with Crippen LogP contribution < -0.4 is 5.32 Å². The molecular weight excluding hydrogens is 343 g/mol. The van der Waals surface area contributed by atoms with Crippen molar-refractivity contribution in [2.75, 3.05) is 26.2 Å². The molecule has 0 spiro atoms. The zero-order valence-corrected chi connectivity index (χ0v) is 14.6. The van der Waals surface area contributed by atoms with Crippen LogP contribution in [0.4, 0.5) is 4.39 Å². The zero-order valence-electron chi connectivity index (χ0n) is 14.6. The highest BCUT2D eigenvalue weighted by Crippen LogP contribution is 2.19. The highest BCUT2D eigenvalue weighted by Gasteiger charge is 2.40. The Labute approximate surface area is 152 Å². The van der Waals surface area contributed by atoms with Crippen LogP contribution in [-0.4, -0.2) is 81.8 Å². The van der Waals surface area contributed by atoms with Crippen LogP contribution in [0, 0.1) is 5.82 Å². The fourth-order valence-corrected chi connectivity index (χ4v) is 3.15. The summed E-state index contributed by atoms with van der Waals surface area (Å²) >= 11 is 0. The lowest BCUT2D eigenvalue weighted by atomic mass is 9.94. The number of unbranched alkanes of at least 4 members (excludes halogenated alkanes) is 1. The van der Waals surface area contributed by atoms with Gasteiger partial charge < -0.3 is 25.7 Å². The second kappa shape index (κ2) is 9.94. The van der Waals surface area contributed by atoms with Gasteiger partial charge in [-0.3, -0.25) is 9.69 Å². The molecule has 0 bridgehead atoms. The Morgan fingerprint density at radius 1 is 1.15 bits per heavy atom. The van der Waals surface area contributed by atoms with Crippen LogP contribution in [0.5, 0.6) is 0 Å². The predicted molar refractivity (Wildman–Crippen MR) is 92.8 cm³/mol. The molecule has 1 heterocycles. The van der Waals surface area contributed by atoms with Gasteiger partial charge >= 0.3 is 0 Å². The first-order chi connectivity index (χ1) is 12.4. The normalized spacial score (nSPS) is 26.7. The van der Waals surface area contributed by atoms with E-state index in [2.05, 4.69) is 5.32 Å². The van der Waals surface area contributed by atoms with Crippen molar-refractivity contribution in [1.82, 2.24) is 10.2 Å². The monoisotopic (exact) mass is 370 g/mol. The molecule has 0 aliphatic carbocycles. The van der Waals surface area contributed by atoms with Crippen LogP contribution in [0.2, 0.25) is 0 Å². The van der Waals surface area contributed by atoms with E-state index in [0.29, 0.717) is 25.9 Å². The van der Waals surface area contributed by atoms with Gasteiger partial charge in [-0.05, 0) is 37.1 Å². The van der Waals surface area contributed by atoms with E-state index in [1.54, 1.807) is 17.0 Å². The van der Waals surface area contributed by atoms with Crippen molar-refractivity contribution in [2.24, 2.45) is 0 Å². The summed E-state index contributed by atoms with van der Waals surface area (Å²) in [7, 11) is 0. The Morgan fingerprint density at radius 3 is 2.50 bits per heavy atom. The first-order valence-corrected chi connectivity index (χ1v) is 8.82. The predicted octanol–water partition coefficient (Wildman–Crippen LogP) is -0.976. The molecule has 1 aromatic rings. The van der Waals surface area contributed by atoms with Gasteiger partial charge in [-0.1, -0.05) is 12.1 Å². The maximum atomic E-state index is 12.8. The molecule has 1 saturated heterocycles. The van der Waals surface area contributed by atoms with Crippen molar-refractivity contribution in [1.29, 1.82) is 0 Å². The number of hydrogen-bond donors (Lipinski definition) is 5. The maximum absolute atomic E-state index is 12.8. The van der Waals surface area contributed by atoms with E-state index in [1.165, 1.54) is 12.1 Å². The molecule has 1 amide bonds. The summed E-state index contributed by atoms with van der Waals surface area (Å²) in [5.41, 5.74) is 0.740. The van der Waals surface area contributed by atoms with Crippen molar-refractivity contribution in [2.45, 2.75) is 43.6 Å². The molecule has 5 N–H and O–H groups in total. The van der Waals surface area contributed by atoms with E-state index in [-0.39, 0.29) is 31.3 Å².